The van der Waals surface area contributed by atoms with Gasteiger partial charge in [0, 0.05) is 6.61 Å². The van der Waals surface area contributed by atoms with Crippen molar-refractivity contribution in [3.63, 3.8) is 0 Å². The van der Waals surface area contributed by atoms with E-state index in [0.29, 0.717) is 6.42 Å². The lowest BCUT2D eigenvalue weighted by Crippen LogP contribution is -2.44. The van der Waals surface area contributed by atoms with Gasteiger partial charge in [-0.3, -0.25) is 0 Å². The molecule has 0 saturated carbocycles. The molecule has 0 aromatic heterocycles. The third-order valence-electron chi connectivity index (χ3n) is 2.75. The molecule has 0 aromatic carbocycles. The summed E-state index contributed by atoms with van der Waals surface area (Å²) >= 11 is 0. The lowest BCUT2D eigenvalue weighted by molar-refractivity contribution is -0.135. The minimum absolute atomic E-state index is 0.336. The summed E-state index contributed by atoms with van der Waals surface area (Å²) in [5.74, 6) is 0. The first-order chi connectivity index (χ1) is 6.04. The van der Waals surface area contributed by atoms with Gasteiger partial charge in [0.1, 0.15) is 0 Å². The molecule has 1 heterocycles. The van der Waals surface area contributed by atoms with Crippen LogP contribution in [-0.4, -0.2) is 23.4 Å². The van der Waals surface area contributed by atoms with Crippen LogP contribution < -0.4 is 0 Å². The van der Waals surface area contributed by atoms with E-state index in [1.807, 2.05) is 13.8 Å². The van der Waals surface area contributed by atoms with E-state index < -0.39 is 6.10 Å². The predicted octanol–water partition coefficient (Wildman–Crippen LogP) is 2.27. The minimum Gasteiger partial charge on any atom is -0.390 e. The molecule has 2 heteroatoms. The Morgan fingerprint density at radius 2 is 2.31 bits per heavy atom. The van der Waals surface area contributed by atoms with Crippen molar-refractivity contribution in [3.05, 3.63) is 12.2 Å². The maximum Gasteiger partial charge on any atom is 0.0915 e. The Balaban J connectivity index is 2.51. The summed E-state index contributed by atoms with van der Waals surface area (Å²) in [6.45, 7) is 8.53. The fraction of sp³-hybridized carbons (Fsp3) is 0.818. The Morgan fingerprint density at radius 3 is 2.77 bits per heavy atom. The topological polar surface area (TPSA) is 29.5 Å². The van der Waals surface area contributed by atoms with Crippen LogP contribution in [-0.2, 0) is 4.74 Å². The van der Waals surface area contributed by atoms with Gasteiger partial charge in [-0.15, -0.1) is 6.58 Å². The third-order valence-corrected chi connectivity index (χ3v) is 2.75. The number of aliphatic hydroxyl groups excluding tert-OH is 1. The van der Waals surface area contributed by atoms with Gasteiger partial charge in [0.2, 0.25) is 0 Å². The van der Waals surface area contributed by atoms with E-state index in [1.165, 1.54) is 0 Å². The average molecular weight is 184 g/mol. The number of ether oxygens (including phenoxy) is 1. The van der Waals surface area contributed by atoms with E-state index in [-0.39, 0.29) is 5.60 Å². The molecule has 0 aromatic rings. The zero-order valence-corrected chi connectivity index (χ0v) is 8.68. The standard InChI is InChI=1S/C11H20O2/c1-9(2)8-10(12)11(3)6-4-5-7-13-11/h10,12H,1,4-8H2,2-3H3. The van der Waals surface area contributed by atoms with Gasteiger partial charge in [0.25, 0.3) is 0 Å². The molecular formula is C11H20O2. The summed E-state index contributed by atoms with van der Waals surface area (Å²) in [5.41, 5.74) is 0.680. The summed E-state index contributed by atoms with van der Waals surface area (Å²) in [4.78, 5) is 0. The molecule has 2 unspecified atom stereocenters. The molecule has 76 valence electrons. The zero-order chi connectivity index (χ0) is 9.90. The van der Waals surface area contributed by atoms with Crippen LogP contribution in [0, 0.1) is 0 Å². The van der Waals surface area contributed by atoms with E-state index in [2.05, 4.69) is 6.58 Å². The van der Waals surface area contributed by atoms with E-state index in [1.54, 1.807) is 0 Å². The van der Waals surface area contributed by atoms with Crippen LogP contribution in [0.3, 0.4) is 0 Å². The lowest BCUT2D eigenvalue weighted by atomic mass is 9.87. The quantitative estimate of drug-likeness (QED) is 0.682. The van der Waals surface area contributed by atoms with Gasteiger partial charge in [-0.1, -0.05) is 5.57 Å². The molecule has 1 saturated heterocycles. The van der Waals surface area contributed by atoms with Crippen molar-refractivity contribution in [3.8, 4) is 0 Å². The van der Waals surface area contributed by atoms with Gasteiger partial charge >= 0.3 is 0 Å². The summed E-state index contributed by atoms with van der Waals surface area (Å²) < 4.78 is 5.64. The van der Waals surface area contributed by atoms with Crippen molar-refractivity contribution in [2.24, 2.45) is 0 Å². The molecule has 0 aliphatic carbocycles. The van der Waals surface area contributed by atoms with Crippen LogP contribution in [0.25, 0.3) is 0 Å². The van der Waals surface area contributed by atoms with Gasteiger partial charge in [0.15, 0.2) is 0 Å². The molecule has 1 aliphatic heterocycles. The largest absolute Gasteiger partial charge is 0.390 e. The number of aliphatic hydroxyl groups is 1. The molecule has 0 bridgehead atoms. The smallest absolute Gasteiger partial charge is 0.0915 e. The van der Waals surface area contributed by atoms with E-state index in [4.69, 9.17) is 4.74 Å². The number of hydrogen-bond acceptors (Lipinski definition) is 2. The maximum absolute atomic E-state index is 9.92. The molecular weight excluding hydrogens is 164 g/mol. The van der Waals surface area contributed by atoms with Gasteiger partial charge in [-0.2, -0.15) is 0 Å². The highest BCUT2D eigenvalue weighted by atomic mass is 16.5. The Hall–Kier alpha value is -0.340. The highest BCUT2D eigenvalue weighted by Gasteiger charge is 2.35. The van der Waals surface area contributed by atoms with Crippen LogP contribution in [0.4, 0.5) is 0 Å². The van der Waals surface area contributed by atoms with Crippen LogP contribution >= 0.6 is 0 Å². The minimum atomic E-state index is -0.398. The highest BCUT2D eigenvalue weighted by molar-refractivity contribution is 4.97. The molecule has 0 amide bonds. The van der Waals surface area contributed by atoms with Crippen molar-refractivity contribution in [1.29, 1.82) is 0 Å². The molecule has 13 heavy (non-hydrogen) atoms. The maximum atomic E-state index is 9.92. The third kappa shape index (κ3) is 2.82. The Bertz CT molecular complexity index is 181. The lowest BCUT2D eigenvalue weighted by Gasteiger charge is -2.38. The summed E-state index contributed by atoms with van der Waals surface area (Å²) in [7, 11) is 0. The molecule has 0 spiro atoms. The van der Waals surface area contributed by atoms with Gasteiger partial charge in [-0.05, 0) is 39.5 Å². The first-order valence-electron chi connectivity index (χ1n) is 5.01. The summed E-state index contributed by atoms with van der Waals surface area (Å²) in [6.07, 6.45) is 3.49. The van der Waals surface area contributed by atoms with Crippen molar-refractivity contribution in [2.75, 3.05) is 6.61 Å². The molecule has 2 atom stereocenters. The van der Waals surface area contributed by atoms with Crippen LogP contribution in [0.1, 0.15) is 39.5 Å². The van der Waals surface area contributed by atoms with Gasteiger partial charge in [0.05, 0.1) is 11.7 Å². The van der Waals surface area contributed by atoms with Crippen LogP contribution in [0.15, 0.2) is 12.2 Å². The first-order valence-corrected chi connectivity index (χ1v) is 5.01. The molecule has 2 nitrogen and oxygen atoms in total. The second-order valence-electron chi connectivity index (χ2n) is 4.30. The van der Waals surface area contributed by atoms with Crippen molar-refractivity contribution >= 4 is 0 Å². The molecule has 1 N–H and O–H groups in total. The Labute approximate surface area is 80.6 Å². The van der Waals surface area contributed by atoms with Crippen LogP contribution in [0.5, 0.6) is 0 Å². The number of rotatable bonds is 3. The average Bonchev–Trinajstić information content (AvgIpc) is 2.04. The predicted molar refractivity (Wildman–Crippen MR) is 53.6 cm³/mol. The highest BCUT2D eigenvalue weighted by Crippen LogP contribution is 2.30. The molecule has 1 rings (SSSR count). The first kappa shape index (κ1) is 10.7. The molecule has 1 aliphatic rings. The second-order valence-corrected chi connectivity index (χ2v) is 4.30. The van der Waals surface area contributed by atoms with Gasteiger partial charge < -0.3 is 9.84 Å². The van der Waals surface area contributed by atoms with Crippen molar-refractivity contribution < 1.29 is 9.84 Å². The summed E-state index contributed by atoms with van der Waals surface area (Å²) in [5, 5.41) is 9.92. The van der Waals surface area contributed by atoms with E-state index in [0.717, 1.165) is 31.4 Å². The van der Waals surface area contributed by atoms with Crippen molar-refractivity contribution in [1.82, 2.24) is 0 Å². The molecule has 1 fully saturated rings. The van der Waals surface area contributed by atoms with E-state index in [9.17, 15) is 5.11 Å². The Morgan fingerprint density at radius 1 is 1.62 bits per heavy atom. The normalized spacial score (nSPS) is 31.3. The molecule has 0 radical (unpaired) electrons. The second kappa shape index (κ2) is 4.25. The monoisotopic (exact) mass is 184 g/mol. The van der Waals surface area contributed by atoms with E-state index >= 15 is 0 Å². The van der Waals surface area contributed by atoms with Gasteiger partial charge in [-0.25, -0.2) is 0 Å². The fourth-order valence-electron chi connectivity index (χ4n) is 1.76. The fourth-order valence-corrected chi connectivity index (χ4v) is 1.76. The Kier molecular flexibility index (Phi) is 3.51. The SMILES string of the molecule is C=C(C)CC(O)C1(C)CCCCO1. The van der Waals surface area contributed by atoms with Crippen molar-refractivity contribution in [2.45, 2.75) is 51.2 Å². The summed E-state index contributed by atoms with van der Waals surface area (Å²) in [6, 6.07) is 0. The zero-order valence-electron chi connectivity index (χ0n) is 8.68. The van der Waals surface area contributed by atoms with Crippen LogP contribution in [0.2, 0.25) is 0 Å². The number of hydrogen-bond donors (Lipinski definition) is 1.